The fraction of sp³-hybridized carbons (Fsp3) is 0.783. The summed E-state index contributed by atoms with van der Waals surface area (Å²) in [5, 5.41) is 13.9. The van der Waals surface area contributed by atoms with Gasteiger partial charge in [0.05, 0.1) is 39.9 Å². The number of hydrogen-bond acceptors (Lipinski definition) is 6. The van der Waals surface area contributed by atoms with Crippen molar-refractivity contribution in [1.82, 2.24) is 5.32 Å². The van der Waals surface area contributed by atoms with Crippen LogP contribution in [0.2, 0.25) is 0 Å². The fourth-order valence-electron chi connectivity index (χ4n) is 8.16. The van der Waals surface area contributed by atoms with Crippen molar-refractivity contribution in [3.8, 4) is 0 Å². The number of nitrogens with zero attached hydrogens (tertiary/aromatic N) is 1. The first-order valence-electron chi connectivity index (χ1n) is 28.8. The molecule has 0 saturated heterocycles. The number of carbonyl (C=O) groups excluding carboxylic acids is 1. The SMILES string of the molecule is CC/C=C\C/C=C\C/C=C\C/C=C\CCCCCCCCCCCCC(=O)NC(COP(=O)([O-])OCC[N+](C)(C)C)C(O)/C=C/CC/C=C/CCCCCCCCCCCCCCCCCCCC. The van der Waals surface area contributed by atoms with Crippen molar-refractivity contribution in [1.29, 1.82) is 0 Å². The van der Waals surface area contributed by atoms with E-state index in [9.17, 15) is 19.4 Å². The second-order valence-corrected chi connectivity index (χ2v) is 22.0. The summed E-state index contributed by atoms with van der Waals surface area (Å²) in [6.45, 7) is 4.53. The van der Waals surface area contributed by atoms with Crippen LogP contribution in [-0.2, 0) is 18.4 Å². The minimum absolute atomic E-state index is 0.00985. The molecule has 0 aromatic rings. The summed E-state index contributed by atoms with van der Waals surface area (Å²) in [7, 11) is 1.24. The van der Waals surface area contributed by atoms with E-state index >= 15 is 0 Å². The largest absolute Gasteiger partial charge is 0.756 e. The zero-order chi connectivity index (χ0) is 50.6. The number of likely N-dealkylation sites (N-methyl/N-ethyl adjacent to an activating group) is 1. The Hall–Kier alpha value is -2.06. The van der Waals surface area contributed by atoms with Gasteiger partial charge in [-0.2, -0.15) is 0 Å². The van der Waals surface area contributed by atoms with E-state index in [2.05, 4.69) is 79.9 Å². The highest BCUT2D eigenvalue weighted by Crippen LogP contribution is 2.38. The van der Waals surface area contributed by atoms with Gasteiger partial charge in [-0.15, -0.1) is 0 Å². The first kappa shape index (κ1) is 66.9. The Morgan fingerprint density at radius 1 is 0.522 bits per heavy atom. The highest BCUT2D eigenvalue weighted by atomic mass is 31.2. The molecule has 3 atom stereocenters. The number of phosphoric acid groups is 1. The molecule has 0 fully saturated rings. The van der Waals surface area contributed by atoms with E-state index < -0.39 is 26.6 Å². The number of nitrogens with one attached hydrogen (secondary N) is 1. The van der Waals surface area contributed by atoms with E-state index in [1.54, 1.807) is 6.08 Å². The van der Waals surface area contributed by atoms with Gasteiger partial charge < -0.3 is 28.8 Å². The van der Waals surface area contributed by atoms with Gasteiger partial charge in [-0.25, -0.2) is 0 Å². The second kappa shape index (κ2) is 50.9. The Kier molecular flexibility index (Phi) is 49.3. The zero-order valence-corrected chi connectivity index (χ0v) is 46.6. The summed E-state index contributed by atoms with van der Waals surface area (Å²) in [4.78, 5) is 25.5. The minimum Gasteiger partial charge on any atom is -0.756 e. The van der Waals surface area contributed by atoms with Crippen LogP contribution < -0.4 is 10.2 Å². The standard InChI is InChI=1S/C60H111N2O6P/c1-6-8-10-12-14-16-18-20-22-24-26-28-30-32-33-35-37-39-41-43-45-47-49-51-53-59(63)58(57-68-69(65,66)67-56-55-62(3,4)5)61-60(64)54-52-50-48-46-44-42-40-38-36-34-31-29-27-25-23-21-19-17-15-13-11-9-7-2/h9,11,15,17,21,23,27,29,43,45,51,53,58-59,63H,6-8,10,12-14,16,18-20,22,24-26,28,30-42,44,46-50,52,54-57H2,1-5H3,(H-,61,64,65,66)/b11-9-,17-15-,23-21-,29-27-,45-43+,53-51+. The number of aliphatic hydroxyl groups is 1. The minimum atomic E-state index is -4.61. The van der Waals surface area contributed by atoms with E-state index in [0.29, 0.717) is 17.4 Å². The summed E-state index contributed by atoms with van der Waals surface area (Å²) in [6, 6.07) is -0.910. The molecule has 69 heavy (non-hydrogen) atoms. The van der Waals surface area contributed by atoms with Crippen LogP contribution in [-0.4, -0.2) is 68.5 Å². The van der Waals surface area contributed by atoms with Crippen molar-refractivity contribution in [2.24, 2.45) is 0 Å². The van der Waals surface area contributed by atoms with Gasteiger partial charge in [0.25, 0.3) is 7.82 Å². The lowest BCUT2D eigenvalue weighted by atomic mass is 10.0. The fourth-order valence-corrected chi connectivity index (χ4v) is 8.88. The number of allylic oxidation sites excluding steroid dienone is 11. The maximum absolute atomic E-state index is 13.0. The van der Waals surface area contributed by atoms with Crippen molar-refractivity contribution in [3.05, 3.63) is 72.9 Å². The Bertz CT molecular complexity index is 1350. The molecule has 0 aliphatic carbocycles. The molecule has 0 spiro atoms. The molecule has 9 heteroatoms. The first-order chi connectivity index (χ1) is 33.5. The highest BCUT2D eigenvalue weighted by molar-refractivity contribution is 7.45. The maximum Gasteiger partial charge on any atom is 0.268 e. The van der Waals surface area contributed by atoms with Crippen LogP contribution >= 0.6 is 7.82 Å². The lowest BCUT2D eigenvalue weighted by Crippen LogP contribution is -2.45. The quantitative estimate of drug-likeness (QED) is 0.0272. The summed E-state index contributed by atoms with van der Waals surface area (Å²) < 4.78 is 23.3. The molecule has 0 aromatic heterocycles. The lowest BCUT2D eigenvalue weighted by Gasteiger charge is -2.29. The van der Waals surface area contributed by atoms with E-state index in [0.717, 1.165) is 70.6 Å². The van der Waals surface area contributed by atoms with Gasteiger partial charge in [-0.3, -0.25) is 9.36 Å². The number of rotatable bonds is 52. The summed E-state index contributed by atoms with van der Waals surface area (Å²) in [5.74, 6) is -0.212. The highest BCUT2D eigenvalue weighted by Gasteiger charge is 2.23. The van der Waals surface area contributed by atoms with Crippen molar-refractivity contribution in [2.45, 2.75) is 264 Å². The Labute approximate surface area is 427 Å². The van der Waals surface area contributed by atoms with Crippen LogP contribution in [0.25, 0.3) is 0 Å². The number of hydrogen-bond donors (Lipinski definition) is 2. The molecule has 0 heterocycles. The summed E-state index contributed by atoms with van der Waals surface area (Å²) in [5.41, 5.74) is 0. The molecule has 0 bridgehead atoms. The topological polar surface area (TPSA) is 108 Å². The number of aliphatic hydroxyl groups excluding tert-OH is 1. The third-order valence-electron chi connectivity index (χ3n) is 12.7. The van der Waals surface area contributed by atoms with Gasteiger partial charge >= 0.3 is 0 Å². The number of amides is 1. The molecule has 0 saturated carbocycles. The van der Waals surface area contributed by atoms with Gasteiger partial charge in [0.1, 0.15) is 13.2 Å². The van der Waals surface area contributed by atoms with E-state index in [1.807, 2.05) is 27.2 Å². The molecule has 0 aliphatic rings. The predicted molar refractivity (Wildman–Crippen MR) is 297 cm³/mol. The predicted octanol–water partition coefficient (Wildman–Crippen LogP) is 16.9. The maximum atomic E-state index is 13.0. The van der Waals surface area contributed by atoms with Crippen LogP contribution in [0.1, 0.15) is 251 Å². The van der Waals surface area contributed by atoms with Crippen LogP contribution in [0.5, 0.6) is 0 Å². The smallest absolute Gasteiger partial charge is 0.268 e. The van der Waals surface area contributed by atoms with E-state index in [-0.39, 0.29) is 12.5 Å². The molecule has 0 aromatic carbocycles. The zero-order valence-electron chi connectivity index (χ0n) is 45.8. The van der Waals surface area contributed by atoms with Gasteiger partial charge in [-0.1, -0.05) is 247 Å². The van der Waals surface area contributed by atoms with Crippen molar-refractivity contribution in [3.63, 3.8) is 0 Å². The number of unbranched alkanes of at least 4 members (excludes halogenated alkanes) is 29. The van der Waals surface area contributed by atoms with Crippen molar-refractivity contribution >= 4 is 13.7 Å². The third kappa shape index (κ3) is 53.6. The summed E-state index contributed by atoms with van der Waals surface area (Å²) >= 11 is 0. The normalized spacial score (nSPS) is 14.5. The molecule has 2 N–H and O–H groups in total. The van der Waals surface area contributed by atoms with Crippen LogP contribution in [0.4, 0.5) is 0 Å². The van der Waals surface area contributed by atoms with Crippen molar-refractivity contribution < 1.29 is 32.9 Å². The summed E-state index contributed by atoms with van der Waals surface area (Å²) in [6.07, 6.45) is 69.8. The number of phosphoric ester groups is 1. The average Bonchev–Trinajstić information content (AvgIpc) is 3.31. The van der Waals surface area contributed by atoms with E-state index in [1.165, 1.54) is 161 Å². The molecular weight excluding hydrogens is 876 g/mol. The number of quaternary nitrogens is 1. The van der Waals surface area contributed by atoms with Gasteiger partial charge in [0.2, 0.25) is 5.91 Å². The molecule has 402 valence electrons. The van der Waals surface area contributed by atoms with E-state index in [4.69, 9.17) is 9.05 Å². The molecule has 0 radical (unpaired) electrons. The van der Waals surface area contributed by atoms with Gasteiger partial charge in [-0.05, 0) is 70.6 Å². The van der Waals surface area contributed by atoms with Crippen LogP contribution in [0, 0.1) is 0 Å². The molecular formula is C60H111N2O6P. The molecule has 3 unspecified atom stereocenters. The van der Waals surface area contributed by atoms with Gasteiger partial charge in [0.15, 0.2) is 0 Å². The first-order valence-corrected chi connectivity index (χ1v) is 30.3. The molecule has 0 rings (SSSR count). The second-order valence-electron chi connectivity index (χ2n) is 20.6. The Morgan fingerprint density at radius 2 is 0.899 bits per heavy atom. The lowest BCUT2D eigenvalue weighted by molar-refractivity contribution is -0.870. The third-order valence-corrected chi connectivity index (χ3v) is 13.6. The number of carbonyl (C=O) groups is 1. The monoisotopic (exact) mass is 987 g/mol. The molecule has 1 amide bonds. The van der Waals surface area contributed by atoms with Gasteiger partial charge in [0, 0.05) is 6.42 Å². The Morgan fingerprint density at radius 3 is 1.35 bits per heavy atom. The van der Waals surface area contributed by atoms with Crippen LogP contribution in [0.3, 0.4) is 0 Å². The molecule has 8 nitrogen and oxygen atoms in total. The molecule has 0 aliphatic heterocycles. The van der Waals surface area contributed by atoms with Crippen molar-refractivity contribution in [2.75, 3.05) is 40.9 Å². The van der Waals surface area contributed by atoms with Crippen LogP contribution in [0.15, 0.2) is 72.9 Å². The average molecular weight is 988 g/mol. The Balaban J connectivity index is 4.28.